The molecule has 0 amide bonds. The van der Waals surface area contributed by atoms with Crippen molar-refractivity contribution >= 4 is 29.8 Å². The van der Waals surface area contributed by atoms with Crippen LogP contribution in [-0.4, -0.2) is 34.2 Å². The van der Waals surface area contributed by atoms with E-state index < -0.39 is 19.1 Å². The summed E-state index contributed by atoms with van der Waals surface area (Å²) in [6, 6.07) is 4.70. The van der Waals surface area contributed by atoms with Crippen LogP contribution in [0.2, 0.25) is 0 Å². The molecule has 8 heteroatoms. The maximum atomic E-state index is 12.2. The first kappa shape index (κ1) is 16.4. The predicted octanol–water partition coefficient (Wildman–Crippen LogP) is 2.03. The third kappa shape index (κ3) is 3.68. The van der Waals surface area contributed by atoms with Gasteiger partial charge in [0.05, 0.1) is 9.79 Å². The molecule has 1 atom stereocenters. The number of sulfonamides is 1. The van der Waals surface area contributed by atoms with Crippen LogP contribution in [0.4, 0.5) is 0 Å². The number of halogens is 1. The second-order valence-electron chi connectivity index (χ2n) is 4.19. The van der Waals surface area contributed by atoms with Crippen LogP contribution in [0.15, 0.2) is 34.1 Å². The Bertz CT molecular complexity index is 638. The molecule has 0 heterocycles. The normalized spacial score (nSPS) is 14.6. The van der Waals surface area contributed by atoms with Gasteiger partial charge in [-0.1, -0.05) is 6.92 Å². The SMILES string of the molecule is CCC(C)N(C)S(=O)(=O)c1ccc(S(=O)(=O)Cl)cc1. The second-order valence-corrected chi connectivity index (χ2v) is 8.75. The Balaban J connectivity index is 3.18. The van der Waals surface area contributed by atoms with Gasteiger partial charge in [0.15, 0.2) is 0 Å². The van der Waals surface area contributed by atoms with Gasteiger partial charge in [0.2, 0.25) is 10.0 Å². The molecule has 0 saturated carbocycles. The minimum absolute atomic E-state index is 0.0411. The predicted molar refractivity (Wildman–Crippen MR) is 74.2 cm³/mol. The van der Waals surface area contributed by atoms with Gasteiger partial charge in [-0.3, -0.25) is 0 Å². The number of nitrogens with zero attached hydrogens (tertiary/aromatic N) is 1. The van der Waals surface area contributed by atoms with E-state index in [1.165, 1.54) is 35.6 Å². The van der Waals surface area contributed by atoms with Crippen molar-refractivity contribution in [3.8, 4) is 0 Å². The third-order valence-corrected chi connectivity index (χ3v) is 6.35. The summed E-state index contributed by atoms with van der Waals surface area (Å²) in [7, 11) is -0.791. The fraction of sp³-hybridized carbons (Fsp3) is 0.455. The van der Waals surface area contributed by atoms with Crippen LogP contribution in [-0.2, 0) is 19.1 Å². The zero-order chi connectivity index (χ0) is 14.8. The van der Waals surface area contributed by atoms with Gasteiger partial charge in [0.25, 0.3) is 9.05 Å². The Morgan fingerprint density at radius 3 is 1.89 bits per heavy atom. The summed E-state index contributed by atoms with van der Waals surface area (Å²) < 4.78 is 47.9. The van der Waals surface area contributed by atoms with E-state index in [1.54, 1.807) is 6.92 Å². The van der Waals surface area contributed by atoms with E-state index in [0.29, 0.717) is 6.42 Å². The van der Waals surface area contributed by atoms with E-state index in [1.807, 2.05) is 6.92 Å². The van der Waals surface area contributed by atoms with E-state index >= 15 is 0 Å². The van der Waals surface area contributed by atoms with Crippen molar-refractivity contribution < 1.29 is 16.8 Å². The number of hydrogen-bond donors (Lipinski definition) is 0. The lowest BCUT2D eigenvalue weighted by molar-refractivity contribution is 0.380. The zero-order valence-corrected chi connectivity index (χ0v) is 13.3. The summed E-state index contributed by atoms with van der Waals surface area (Å²) in [4.78, 5) is -0.0846. The molecule has 1 rings (SSSR count). The quantitative estimate of drug-likeness (QED) is 0.777. The lowest BCUT2D eigenvalue weighted by Gasteiger charge is -2.23. The van der Waals surface area contributed by atoms with Gasteiger partial charge >= 0.3 is 0 Å². The molecular weight excluding hydrogens is 310 g/mol. The Kier molecular flexibility index (Phi) is 5.00. The molecule has 0 aromatic heterocycles. The fourth-order valence-electron chi connectivity index (χ4n) is 1.43. The van der Waals surface area contributed by atoms with Crippen LogP contribution in [0.3, 0.4) is 0 Å². The number of rotatable bonds is 5. The van der Waals surface area contributed by atoms with Crippen LogP contribution in [0.25, 0.3) is 0 Å². The third-order valence-electron chi connectivity index (χ3n) is 2.99. The Labute approximate surface area is 118 Å². The van der Waals surface area contributed by atoms with Gasteiger partial charge in [-0.2, -0.15) is 4.31 Å². The van der Waals surface area contributed by atoms with Gasteiger partial charge in [-0.25, -0.2) is 16.8 Å². The van der Waals surface area contributed by atoms with Crippen LogP contribution in [0, 0.1) is 0 Å². The summed E-state index contributed by atoms with van der Waals surface area (Å²) in [6.07, 6.45) is 0.684. The van der Waals surface area contributed by atoms with Crippen LogP contribution >= 0.6 is 10.7 Å². The van der Waals surface area contributed by atoms with Crippen molar-refractivity contribution in [1.29, 1.82) is 0 Å². The van der Waals surface area contributed by atoms with Gasteiger partial charge in [0, 0.05) is 23.8 Å². The Morgan fingerprint density at radius 2 is 1.53 bits per heavy atom. The molecule has 0 N–H and O–H groups in total. The summed E-state index contributed by atoms with van der Waals surface area (Å²) in [5.74, 6) is 0. The van der Waals surface area contributed by atoms with Crippen LogP contribution in [0.5, 0.6) is 0 Å². The minimum Gasteiger partial charge on any atom is -0.207 e. The van der Waals surface area contributed by atoms with Gasteiger partial charge in [0.1, 0.15) is 0 Å². The van der Waals surface area contributed by atoms with Crippen molar-refractivity contribution in [2.24, 2.45) is 0 Å². The van der Waals surface area contributed by atoms with Crippen molar-refractivity contribution in [3.05, 3.63) is 24.3 Å². The molecule has 108 valence electrons. The molecule has 0 bridgehead atoms. The molecule has 5 nitrogen and oxygen atoms in total. The van der Waals surface area contributed by atoms with E-state index in [9.17, 15) is 16.8 Å². The van der Waals surface area contributed by atoms with Crippen molar-refractivity contribution in [1.82, 2.24) is 4.31 Å². The van der Waals surface area contributed by atoms with E-state index in [2.05, 4.69) is 0 Å². The van der Waals surface area contributed by atoms with E-state index in [-0.39, 0.29) is 15.8 Å². The van der Waals surface area contributed by atoms with E-state index in [4.69, 9.17) is 10.7 Å². The molecule has 1 aromatic carbocycles. The average molecular weight is 326 g/mol. The zero-order valence-electron chi connectivity index (χ0n) is 10.9. The van der Waals surface area contributed by atoms with Crippen molar-refractivity contribution in [2.75, 3.05) is 7.05 Å². The maximum absolute atomic E-state index is 12.2. The molecule has 0 spiro atoms. The molecule has 1 unspecified atom stereocenters. The lowest BCUT2D eigenvalue weighted by Crippen LogP contribution is -2.34. The number of benzene rings is 1. The smallest absolute Gasteiger partial charge is 0.207 e. The highest BCUT2D eigenvalue weighted by molar-refractivity contribution is 8.13. The highest BCUT2D eigenvalue weighted by atomic mass is 35.7. The van der Waals surface area contributed by atoms with Crippen LogP contribution < -0.4 is 0 Å². The van der Waals surface area contributed by atoms with Gasteiger partial charge in [-0.15, -0.1) is 0 Å². The first-order valence-electron chi connectivity index (χ1n) is 5.63. The van der Waals surface area contributed by atoms with Crippen molar-refractivity contribution in [3.63, 3.8) is 0 Å². The molecule has 19 heavy (non-hydrogen) atoms. The summed E-state index contributed by atoms with van der Waals surface area (Å²) in [5, 5.41) is 0. The molecular formula is C11H16ClNO4S2. The molecule has 0 aliphatic rings. The Morgan fingerprint density at radius 1 is 1.11 bits per heavy atom. The molecule has 0 aliphatic heterocycles. The van der Waals surface area contributed by atoms with Crippen LogP contribution in [0.1, 0.15) is 20.3 Å². The average Bonchev–Trinajstić information content (AvgIpc) is 2.36. The largest absolute Gasteiger partial charge is 0.261 e. The highest BCUT2D eigenvalue weighted by Crippen LogP contribution is 2.21. The Hall–Kier alpha value is -0.630. The first-order chi connectivity index (χ1) is 8.60. The van der Waals surface area contributed by atoms with E-state index in [0.717, 1.165) is 0 Å². The standard InChI is InChI=1S/C11H16ClNO4S2/c1-4-9(2)13(3)19(16,17)11-7-5-10(6-8-11)18(12,14)15/h5-9H,4H2,1-3H3. The first-order valence-corrected chi connectivity index (χ1v) is 9.38. The lowest BCUT2D eigenvalue weighted by atomic mass is 10.3. The molecule has 1 aromatic rings. The number of hydrogen-bond acceptors (Lipinski definition) is 4. The van der Waals surface area contributed by atoms with Crippen molar-refractivity contribution in [2.45, 2.75) is 36.1 Å². The highest BCUT2D eigenvalue weighted by Gasteiger charge is 2.24. The summed E-state index contributed by atoms with van der Waals surface area (Å²) in [6.45, 7) is 3.69. The molecule has 0 saturated heterocycles. The molecule has 0 aliphatic carbocycles. The maximum Gasteiger partial charge on any atom is 0.261 e. The fourth-order valence-corrected chi connectivity index (χ4v) is 3.64. The second kappa shape index (κ2) is 5.78. The molecule has 0 fully saturated rings. The topological polar surface area (TPSA) is 71.5 Å². The van der Waals surface area contributed by atoms with Gasteiger partial charge < -0.3 is 0 Å². The minimum atomic E-state index is -3.84. The molecule has 0 radical (unpaired) electrons. The summed E-state index contributed by atoms with van der Waals surface area (Å²) >= 11 is 0. The van der Waals surface area contributed by atoms with Gasteiger partial charge in [-0.05, 0) is 37.6 Å². The monoisotopic (exact) mass is 325 g/mol. The summed E-state index contributed by atoms with van der Waals surface area (Å²) in [5.41, 5.74) is 0.